The van der Waals surface area contributed by atoms with Crippen LogP contribution >= 0.6 is 0 Å². The van der Waals surface area contributed by atoms with Crippen LogP contribution in [0, 0.1) is 0 Å². The standard InChI is InChI=1S/C21H24N4O4/c1-13(26)23-16-7-8-19(29-2)17(10-16)24-20(27)12-25-11-15-6-4-3-5-14(15)9-18(25)21(22)28/h3-8,10,18H,9,11-12H2,1-2H3,(H2,22,28)(H,23,26)(H,24,27). The van der Waals surface area contributed by atoms with Crippen molar-refractivity contribution in [1.29, 1.82) is 0 Å². The number of fused-ring (bicyclic) bond motifs is 1. The smallest absolute Gasteiger partial charge is 0.238 e. The van der Waals surface area contributed by atoms with E-state index in [-0.39, 0.29) is 18.4 Å². The summed E-state index contributed by atoms with van der Waals surface area (Å²) in [5, 5.41) is 5.46. The zero-order valence-corrected chi connectivity index (χ0v) is 16.4. The third-order valence-electron chi connectivity index (χ3n) is 4.81. The molecule has 1 aliphatic heterocycles. The van der Waals surface area contributed by atoms with Gasteiger partial charge in [-0.2, -0.15) is 0 Å². The van der Waals surface area contributed by atoms with Crippen molar-refractivity contribution in [3.8, 4) is 5.75 Å². The van der Waals surface area contributed by atoms with Crippen molar-refractivity contribution in [1.82, 2.24) is 4.90 Å². The number of carbonyl (C=O) groups is 3. The van der Waals surface area contributed by atoms with E-state index in [1.807, 2.05) is 24.3 Å². The molecule has 0 aliphatic carbocycles. The van der Waals surface area contributed by atoms with Crippen LogP contribution in [0.5, 0.6) is 5.75 Å². The number of amides is 3. The van der Waals surface area contributed by atoms with Crippen molar-refractivity contribution < 1.29 is 19.1 Å². The highest BCUT2D eigenvalue weighted by Crippen LogP contribution is 2.28. The predicted octanol–water partition coefficient (Wildman–Crippen LogP) is 1.50. The molecule has 0 spiro atoms. The third-order valence-corrected chi connectivity index (χ3v) is 4.81. The maximum atomic E-state index is 12.7. The Bertz CT molecular complexity index is 944. The Kier molecular flexibility index (Phi) is 6.13. The van der Waals surface area contributed by atoms with Crippen LogP contribution in [0.2, 0.25) is 0 Å². The summed E-state index contributed by atoms with van der Waals surface area (Å²) in [6.45, 7) is 1.86. The van der Waals surface area contributed by atoms with Crippen LogP contribution in [0.1, 0.15) is 18.1 Å². The van der Waals surface area contributed by atoms with Gasteiger partial charge in [0.2, 0.25) is 17.7 Å². The molecule has 3 rings (SSSR count). The van der Waals surface area contributed by atoms with Crippen LogP contribution in [0.4, 0.5) is 11.4 Å². The third kappa shape index (κ3) is 4.91. The van der Waals surface area contributed by atoms with E-state index in [1.54, 1.807) is 23.1 Å². The molecule has 3 amide bonds. The lowest BCUT2D eigenvalue weighted by Crippen LogP contribution is -2.50. The van der Waals surface area contributed by atoms with E-state index in [4.69, 9.17) is 10.5 Å². The lowest BCUT2D eigenvalue weighted by molar-refractivity contribution is -0.125. The number of hydrogen-bond donors (Lipinski definition) is 3. The van der Waals surface area contributed by atoms with Crippen molar-refractivity contribution in [2.45, 2.75) is 25.9 Å². The van der Waals surface area contributed by atoms with Crippen LogP contribution in [0.25, 0.3) is 0 Å². The normalized spacial score (nSPS) is 15.9. The Morgan fingerprint density at radius 1 is 1.14 bits per heavy atom. The molecule has 1 atom stereocenters. The summed E-state index contributed by atoms with van der Waals surface area (Å²) in [7, 11) is 1.49. The predicted molar refractivity (Wildman–Crippen MR) is 109 cm³/mol. The zero-order chi connectivity index (χ0) is 21.0. The van der Waals surface area contributed by atoms with Crippen LogP contribution in [0.15, 0.2) is 42.5 Å². The first-order valence-corrected chi connectivity index (χ1v) is 9.23. The van der Waals surface area contributed by atoms with Gasteiger partial charge in [0.15, 0.2) is 0 Å². The topological polar surface area (TPSA) is 114 Å². The molecule has 8 heteroatoms. The second kappa shape index (κ2) is 8.74. The second-order valence-corrected chi connectivity index (χ2v) is 6.94. The van der Waals surface area contributed by atoms with Crippen LogP contribution < -0.4 is 21.1 Å². The van der Waals surface area contributed by atoms with E-state index in [1.165, 1.54) is 14.0 Å². The van der Waals surface area contributed by atoms with Gasteiger partial charge >= 0.3 is 0 Å². The van der Waals surface area contributed by atoms with Crippen molar-refractivity contribution in [3.63, 3.8) is 0 Å². The first kappa shape index (κ1) is 20.3. The number of primary amides is 1. The van der Waals surface area contributed by atoms with E-state index >= 15 is 0 Å². The van der Waals surface area contributed by atoms with Crippen LogP contribution in [-0.2, 0) is 27.3 Å². The zero-order valence-electron chi connectivity index (χ0n) is 16.4. The number of hydrogen-bond acceptors (Lipinski definition) is 5. The van der Waals surface area contributed by atoms with Gasteiger partial charge in [0.25, 0.3) is 0 Å². The molecule has 2 aromatic rings. The quantitative estimate of drug-likeness (QED) is 0.685. The SMILES string of the molecule is COc1ccc(NC(C)=O)cc1NC(=O)CN1Cc2ccccc2CC1C(N)=O. The average molecular weight is 396 g/mol. The molecule has 0 radical (unpaired) electrons. The number of carbonyl (C=O) groups excluding carboxylic acids is 3. The number of anilines is 2. The van der Waals surface area contributed by atoms with Crippen LogP contribution in [-0.4, -0.2) is 42.3 Å². The molecule has 0 aromatic heterocycles. The van der Waals surface area contributed by atoms with Gasteiger partial charge in [0.1, 0.15) is 5.75 Å². The molecular weight excluding hydrogens is 372 g/mol. The minimum Gasteiger partial charge on any atom is -0.495 e. The Morgan fingerprint density at radius 2 is 1.86 bits per heavy atom. The number of rotatable bonds is 6. The Morgan fingerprint density at radius 3 is 2.52 bits per heavy atom. The highest BCUT2D eigenvalue weighted by molar-refractivity contribution is 5.96. The number of methoxy groups -OCH3 is 1. The Balaban J connectivity index is 1.76. The van der Waals surface area contributed by atoms with Gasteiger partial charge in [0.05, 0.1) is 25.4 Å². The molecule has 29 heavy (non-hydrogen) atoms. The molecule has 4 N–H and O–H groups in total. The highest BCUT2D eigenvalue weighted by atomic mass is 16.5. The lowest BCUT2D eigenvalue weighted by atomic mass is 9.93. The molecule has 0 fully saturated rings. The molecule has 0 bridgehead atoms. The van der Waals surface area contributed by atoms with E-state index < -0.39 is 11.9 Å². The van der Waals surface area contributed by atoms with Gasteiger partial charge in [-0.25, -0.2) is 0 Å². The van der Waals surface area contributed by atoms with Gasteiger partial charge in [-0.05, 0) is 35.7 Å². The Hall–Kier alpha value is -3.39. The van der Waals surface area contributed by atoms with E-state index in [0.717, 1.165) is 11.1 Å². The number of nitrogens with zero attached hydrogens (tertiary/aromatic N) is 1. The maximum absolute atomic E-state index is 12.7. The minimum absolute atomic E-state index is 0.00450. The number of benzene rings is 2. The lowest BCUT2D eigenvalue weighted by Gasteiger charge is -2.34. The fraction of sp³-hybridized carbons (Fsp3) is 0.286. The molecule has 1 unspecified atom stereocenters. The molecular formula is C21H24N4O4. The molecule has 152 valence electrons. The van der Waals surface area contributed by atoms with E-state index in [9.17, 15) is 14.4 Å². The highest BCUT2D eigenvalue weighted by Gasteiger charge is 2.31. The van der Waals surface area contributed by atoms with Gasteiger partial charge in [-0.3, -0.25) is 19.3 Å². The second-order valence-electron chi connectivity index (χ2n) is 6.94. The van der Waals surface area contributed by atoms with Crippen molar-refractivity contribution in [3.05, 3.63) is 53.6 Å². The first-order valence-electron chi connectivity index (χ1n) is 9.23. The van der Waals surface area contributed by atoms with E-state index in [0.29, 0.717) is 30.1 Å². The van der Waals surface area contributed by atoms with Crippen molar-refractivity contribution >= 4 is 29.1 Å². The van der Waals surface area contributed by atoms with Gasteiger partial charge in [-0.1, -0.05) is 24.3 Å². The summed E-state index contributed by atoms with van der Waals surface area (Å²) in [5.41, 5.74) is 8.69. The molecule has 0 saturated heterocycles. The minimum atomic E-state index is -0.553. The summed E-state index contributed by atoms with van der Waals surface area (Å²) in [6, 6.07) is 12.2. The van der Waals surface area contributed by atoms with Crippen LogP contribution in [0.3, 0.4) is 0 Å². The van der Waals surface area contributed by atoms with Gasteiger partial charge in [-0.15, -0.1) is 0 Å². The summed E-state index contributed by atoms with van der Waals surface area (Å²) < 4.78 is 5.29. The van der Waals surface area contributed by atoms with Gasteiger partial charge in [0, 0.05) is 19.2 Å². The molecule has 1 aliphatic rings. The molecule has 0 saturated carbocycles. The maximum Gasteiger partial charge on any atom is 0.238 e. The van der Waals surface area contributed by atoms with E-state index in [2.05, 4.69) is 10.6 Å². The van der Waals surface area contributed by atoms with Crippen molar-refractivity contribution in [2.75, 3.05) is 24.3 Å². The number of nitrogens with one attached hydrogen (secondary N) is 2. The fourth-order valence-electron chi connectivity index (χ4n) is 3.48. The largest absolute Gasteiger partial charge is 0.495 e. The number of ether oxygens (including phenoxy) is 1. The molecule has 8 nitrogen and oxygen atoms in total. The first-order chi connectivity index (χ1) is 13.9. The summed E-state index contributed by atoms with van der Waals surface area (Å²) in [5.74, 6) is -0.530. The summed E-state index contributed by atoms with van der Waals surface area (Å²) >= 11 is 0. The monoisotopic (exact) mass is 396 g/mol. The summed E-state index contributed by atoms with van der Waals surface area (Å²) in [6.07, 6.45) is 0.472. The fourth-order valence-corrected chi connectivity index (χ4v) is 3.48. The Labute approximate surface area is 169 Å². The number of nitrogens with two attached hydrogens (primary N) is 1. The summed E-state index contributed by atoms with van der Waals surface area (Å²) in [4.78, 5) is 37.7. The average Bonchev–Trinajstić information content (AvgIpc) is 2.67. The van der Waals surface area contributed by atoms with Gasteiger partial charge < -0.3 is 21.1 Å². The molecule has 2 aromatic carbocycles. The molecule has 1 heterocycles. The van der Waals surface area contributed by atoms with Crippen molar-refractivity contribution in [2.24, 2.45) is 5.73 Å².